The lowest BCUT2D eigenvalue weighted by atomic mass is 9.72. The van der Waals surface area contributed by atoms with Gasteiger partial charge in [-0.1, -0.05) is 24.3 Å². The van der Waals surface area contributed by atoms with Crippen LogP contribution in [0.25, 0.3) is 0 Å². The molecule has 4 rings (SSSR count). The number of imidazole rings is 1. The first kappa shape index (κ1) is 18.6. The van der Waals surface area contributed by atoms with Crippen LogP contribution in [-0.2, 0) is 19.0 Å². The summed E-state index contributed by atoms with van der Waals surface area (Å²) in [5.41, 5.74) is 2.32. The van der Waals surface area contributed by atoms with Crippen molar-refractivity contribution in [2.75, 3.05) is 33.3 Å². The number of rotatable bonds is 5. The summed E-state index contributed by atoms with van der Waals surface area (Å²) in [6.45, 7) is 3.43. The monoisotopic (exact) mass is 370 g/mol. The Kier molecular flexibility index (Phi) is 5.07. The van der Waals surface area contributed by atoms with Crippen molar-refractivity contribution in [2.45, 2.75) is 36.9 Å². The Morgan fingerprint density at radius 1 is 1.26 bits per heavy atom. The highest BCUT2D eigenvalue weighted by Gasteiger charge is 2.53. The van der Waals surface area contributed by atoms with Gasteiger partial charge in [-0.2, -0.15) is 0 Å². The second-order valence-corrected chi connectivity index (χ2v) is 8.07. The summed E-state index contributed by atoms with van der Waals surface area (Å²) in [6, 6.07) is 8.43. The second kappa shape index (κ2) is 7.36. The maximum atomic E-state index is 11.4. The van der Waals surface area contributed by atoms with Crippen molar-refractivity contribution in [1.29, 1.82) is 0 Å². The summed E-state index contributed by atoms with van der Waals surface area (Å²) < 4.78 is 2.07. The second-order valence-electron chi connectivity index (χ2n) is 8.07. The van der Waals surface area contributed by atoms with Crippen molar-refractivity contribution >= 4 is 0 Å². The molecule has 1 spiro atoms. The largest absolute Gasteiger partial charge is 0.395 e. The van der Waals surface area contributed by atoms with Gasteiger partial charge in [0.25, 0.3) is 0 Å². The van der Waals surface area contributed by atoms with Gasteiger partial charge in [0.1, 0.15) is 5.82 Å². The predicted octanol–water partition coefficient (Wildman–Crippen LogP) is 1.29. The highest BCUT2D eigenvalue weighted by Crippen LogP contribution is 2.52. The van der Waals surface area contributed by atoms with Crippen LogP contribution in [0.2, 0.25) is 0 Å². The molecule has 1 aromatic carbocycles. The Labute approximate surface area is 161 Å². The lowest BCUT2D eigenvalue weighted by Crippen LogP contribution is -2.49. The molecule has 2 atom stereocenters. The van der Waals surface area contributed by atoms with Gasteiger partial charge in [0, 0.05) is 31.4 Å². The Morgan fingerprint density at radius 3 is 2.67 bits per heavy atom. The number of aromatic nitrogens is 2. The Hall–Kier alpha value is -1.73. The molecule has 146 valence electrons. The number of aliphatic hydroxyl groups excluding tert-OH is 2. The standard InChI is InChI=1S/C21H30N4O2/c1-23-12-9-22-18(23)15-25-10-7-21(8-11-25)17-6-4-3-5-16(17)19(20(21)27)24(2)13-14-26/h3-6,9,12,19-20,26-27H,7-8,10-11,13-15H2,1-2H3/t19-,20+/m0/s1. The van der Waals surface area contributed by atoms with Crippen molar-refractivity contribution < 1.29 is 10.2 Å². The molecule has 0 bridgehead atoms. The number of nitrogens with zero attached hydrogens (tertiary/aromatic N) is 4. The summed E-state index contributed by atoms with van der Waals surface area (Å²) in [7, 11) is 4.03. The van der Waals surface area contributed by atoms with Crippen LogP contribution in [0, 0.1) is 0 Å². The molecule has 2 aromatic rings. The lowest BCUT2D eigenvalue weighted by molar-refractivity contribution is -0.0129. The minimum absolute atomic E-state index is 0.0468. The molecule has 0 unspecified atom stereocenters. The van der Waals surface area contributed by atoms with E-state index >= 15 is 0 Å². The van der Waals surface area contributed by atoms with Crippen LogP contribution in [-0.4, -0.2) is 69.0 Å². The molecule has 1 aliphatic carbocycles. The topological polar surface area (TPSA) is 64.8 Å². The smallest absolute Gasteiger partial charge is 0.122 e. The number of aliphatic hydroxyl groups is 2. The number of hydrogen-bond donors (Lipinski definition) is 2. The third-order valence-corrected chi connectivity index (χ3v) is 6.64. The fourth-order valence-corrected chi connectivity index (χ4v) is 5.04. The lowest BCUT2D eigenvalue weighted by Gasteiger charge is -2.43. The van der Waals surface area contributed by atoms with E-state index in [1.165, 1.54) is 11.1 Å². The highest BCUT2D eigenvalue weighted by atomic mass is 16.3. The molecular formula is C21H30N4O2. The van der Waals surface area contributed by atoms with Crippen LogP contribution in [0.3, 0.4) is 0 Å². The van der Waals surface area contributed by atoms with Crippen LogP contribution in [0.5, 0.6) is 0 Å². The Bertz CT molecular complexity index is 782. The first-order valence-electron chi connectivity index (χ1n) is 9.84. The van der Waals surface area contributed by atoms with Crippen molar-refractivity contribution in [3.63, 3.8) is 0 Å². The number of aryl methyl sites for hydroxylation is 1. The molecular weight excluding hydrogens is 340 g/mol. The van der Waals surface area contributed by atoms with Crippen molar-refractivity contribution in [1.82, 2.24) is 19.4 Å². The predicted molar refractivity (Wildman–Crippen MR) is 104 cm³/mol. The first-order valence-corrected chi connectivity index (χ1v) is 9.84. The minimum atomic E-state index is -0.443. The molecule has 1 fully saturated rings. The zero-order valence-corrected chi connectivity index (χ0v) is 16.3. The molecule has 2 aliphatic rings. The average molecular weight is 370 g/mol. The molecule has 2 N–H and O–H groups in total. The van der Waals surface area contributed by atoms with Gasteiger partial charge < -0.3 is 14.8 Å². The fourth-order valence-electron chi connectivity index (χ4n) is 5.04. The maximum absolute atomic E-state index is 11.4. The van der Waals surface area contributed by atoms with Crippen LogP contribution >= 0.6 is 0 Å². The molecule has 2 heterocycles. The third-order valence-electron chi connectivity index (χ3n) is 6.64. The van der Waals surface area contributed by atoms with E-state index in [1.807, 2.05) is 26.5 Å². The van der Waals surface area contributed by atoms with E-state index in [-0.39, 0.29) is 18.1 Å². The van der Waals surface area contributed by atoms with Gasteiger partial charge >= 0.3 is 0 Å². The quantitative estimate of drug-likeness (QED) is 0.830. The average Bonchev–Trinajstić information content (AvgIpc) is 3.17. The van der Waals surface area contributed by atoms with Gasteiger partial charge in [0.15, 0.2) is 0 Å². The molecule has 1 aliphatic heterocycles. The van der Waals surface area contributed by atoms with Crippen LogP contribution in [0.15, 0.2) is 36.7 Å². The van der Waals surface area contributed by atoms with Gasteiger partial charge in [-0.3, -0.25) is 9.80 Å². The number of likely N-dealkylation sites (tertiary alicyclic amines) is 1. The van der Waals surface area contributed by atoms with Crippen LogP contribution < -0.4 is 0 Å². The van der Waals surface area contributed by atoms with Gasteiger partial charge in [-0.25, -0.2) is 4.98 Å². The summed E-state index contributed by atoms with van der Waals surface area (Å²) in [6.07, 6.45) is 5.28. The minimum Gasteiger partial charge on any atom is -0.395 e. The van der Waals surface area contributed by atoms with Crippen molar-refractivity contribution in [3.05, 3.63) is 53.6 Å². The molecule has 27 heavy (non-hydrogen) atoms. The van der Waals surface area contributed by atoms with E-state index in [2.05, 4.69) is 43.6 Å². The molecule has 1 saturated heterocycles. The molecule has 1 aromatic heterocycles. The summed E-state index contributed by atoms with van der Waals surface area (Å²) >= 11 is 0. The highest BCUT2D eigenvalue weighted by molar-refractivity contribution is 5.45. The van der Waals surface area contributed by atoms with E-state index in [0.717, 1.165) is 38.3 Å². The van der Waals surface area contributed by atoms with Gasteiger partial charge in [-0.15, -0.1) is 0 Å². The first-order chi connectivity index (χ1) is 13.1. The molecule has 6 heteroatoms. The number of benzene rings is 1. The van der Waals surface area contributed by atoms with E-state index in [4.69, 9.17) is 0 Å². The van der Waals surface area contributed by atoms with Crippen molar-refractivity contribution in [2.24, 2.45) is 7.05 Å². The normalized spacial score (nSPS) is 24.6. The summed E-state index contributed by atoms with van der Waals surface area (Å²) in [5, 5.41) is 20.8. The van der Waals surface area contributed by atoms with E-state index in [9.17, 15) is 10.2 Å². The van der Waals surface area contributed by atoms with Crippen LogP contribution in [0.4, 0.5) is 0 Å². The zero-order chi connectivity index (χ0) is 19.0. The van der Waals surface area contributed by atoms with Gasteiger partial charge in [0.05, 0.1) is 25.3 Å². The third kappa shape index (κ3) is 3.10. The van der Waals surface area contributed by atoms with E-state index < -0.39 is 6.10 Å². The van der Waals surface area contributed by atoms with Crippen LogP contribution in [0.1, 0.15) is 35.8 Å². The van der Waals surface area contributed by atoms with E-state index in [0.29, 0.717) is 6.54 Å². The molecule has 0 radical (unpaired) electrons. The van der Waals surface area contributed by atoms with Gasteiger partial charge in [-0.05, 0) is 44.1 Å². The number of fused-ring (bicyclic) bond motifs is 2. The summed E-state index contributed by atoms with van der Waals surface area (Å²) in [4.78, 5) is 8.98. The molecule has 0 amide bonds. The Morgan fingerprint density at radius 2 is 2.00 bits per heavy atom. The Balaban J connectivity index is 1.56. The summed E-state index contributed by atoms with van der Waals surface area (Å²) in [5.74, 6) is 1.08. The van der Waals surface area contributed by atoms with Crippen molar-refractivity contribution in [3.8, 4) is 0 Å². The van der Waals surface area contributed by atoms with E-state index in [1.54, 1.807) is 0 Å². The number of piperidine rings is 1. The fraction of sp³-hybridized carbons (Fsp3) is 0.571. The molecule has 6 nitrogen and oxygen atoms in total. The number of likely N-dealkylation sites (N-methyl/N-ethyl adjacent to an activating group) is 1. The zero-order valence-electron chi connectivity index (χ0n) is 16.3. The number of hydrogen-bond acceptors (Lipinski definition) is 5. The SMILES string of the molecule is CN(CCO)[C@H]1c2ccccc2C2(CCN(Cc3nccn3C)CC2)[C@@H]1O. The van der Waals surface area contributed by atoms with Gasteiger partial charge in [0.2, 0.25) is 0 Å². The maximum Gasteiger partial charge on any atom is 0.122 e. The molecule has 0 saturated carbocycles.